The fraction of sp³-hybridized carbons (Fsp3) is 0.444. The number of amides is 1. The first-order valence-corrected chi connectivity index (χ1v) is 13.2. The Bertz CT molecular complexity index is 1180. The molecule has 3 heterocycles. The number of likely N-dealkylation sites (N-methyl/N-ethyl adjacent to an activating group) is 1. The zero-order valence-corrected chi connectivity index (χ0v) is 22.4. The summed E-state index contributed by atoms with van der Waals surface area (Å²) >= 11 is 9.97. The minimum atomic E-state index is -0.231. The number of hydrogen-bond acceptors (Lipinski definition) is 5. The molecule has 7 nitrogen and oxygen atoms in total. The molecule has 0 saturated carbocycles. The van der Waals surface area contributed by atoms with E-state index in [1.54, 1.807) is 6.33 Å². The van der Waals surface area contributed by atoms with E-state index in [0.717, 1.165) is 46.8 Å². The zero-order valence-electron chi connectivity index (χ0n) is 20.0. The minimum absolute atomic E-state index is 0. The molecule has 0 spiro atoms. The summed E-state index contributed by atoms with van der Waals surface area (Å²) in [6.45, 7) is 5.60. The second-order valence-corrected chi connectivity index (χ2v) is 10.8. The van der Waals surface area contributed by atoms with Crippen LogP contribution < -0.4 is 5.32 Å². The monoisotopic (exact) mass is 572 g/mol. The number of carbonyl (C=O) groups is 1. The Morgan fingerprint density at radius 3 is 2.78 bits per heavy atom. The lowest BCUT2D eigenvalue weighted by molar-refractivity contribution is -0.128. The number of aromatic nitrogens is 3. The highest BCUT2D eigenvalue weighted by Gasteiger charge is 2.37. The van der Waals surface area contributed by atoms with Crippen molar-refractivity contribution in [2.24, 2.45) is 0 Å². The van der Waals surface area contributed by atoms with Gasteiger partial charge in [-0.15, -0.1) is 0 Å². The van der Waals surface area contributed by atoms with Crippen molar-refractivity contribution in [1.29, 1.82) is 0 Å². The van der Waals surface area contributed by atoms with Gasteiger partial charge in [-0.2, -0.15) is 0 Å². The van der Waals surface area contributed by atoms with E-state index in [-0.39, 0.29) is 25.4 Å². The van der Waals surface area contributed by atoms with E-state index in [1.807, 2.05) is 37.0 Å². The summed E-state index contributed by atoms with van der Waals surface area (Å²) in [5, 5.41) is 3.90. The molecule has 1 unspecified atom stereocenters. The zero-order chi connectivity index (χ0) is 24.5. The van der Waals surface area contributed by atoms with Gasteiger partial charge in [0.05, 0.1) is 18.1 Å². The molecule has 0 bridgehead atoms. The summed E-state index contributed by atoms with van der Waals surface area (Å²) in [6.07, 6.45) is 7.34. The number of imidazole rings is 1. The summed E-state index contributed by atoms with van der Waals surface area (Å²) in [4.78, 5) is 26.9. The molecule has 9 heteroatoms. The van der Waals surface area contributed by atoms with Gasteiger partial charge in [-0.1, -0.05) is 25.1 Å². The van der Waals surface area contributed by atoms with Crippen LogP contribution in [0.15, 0.2) is 47.5 Å². The van der Waals surface area contributed by atoms with Crippen molar-refractivity contribution in [3.63, 3.8) is 0 Å². The van der Waals surface area contributed by atoms with Crippen molar-refractivity contribution < 1.29 is 4.79 Å². The Morgan fingerprint density at radius 1 is 1.19 bits per heavy atom. The fourth-order valence-corrected chi connectivity index (χ4v) is 5.81. The van der Waals surface area contributed by atoms with E-state index in [0.29, 0.717) is 19.6 Å². The van der Waals surface area contributed by atoms with Crippen molar-refractivity contribution in [1.82, 2.24) is 29.7 Å². The highest BCUT2D eigenvalue weighted by atomic mass is 79.9. The van der Waals surface area contributed by atoms with Gasteiger partial charge in [0.15, 0.2) is 0 Å². The average molecular weight is 574 g/mol. The maximum atomic E-state index is 13.3. The van der Waals surface area contributed by atoms with Gasteiger partial charge in [0.2, 0.25) is 5.91 Å². The SMILES string of the molecule is C.Cc1cncn1CCNC(=O)[C@H]1CN(C2c3ccc(Cl)cc3CCc3cc(Br)cnc32)CCN1C. The van der Waals surface area contributed by atoms with Gasteiger partial charge in [0.1, 0.15) is 6.04 Å². The fourth-order valence-electron chi connectivity index (χ4n) is 5.23. The minimum Gasteiger partial charge on any atom is -0.353 e. The highest BCUT2D eigenvalue weighted by Crippen LogP contribution is 2.38. The summed E-state index contributed by atoms with van der Waals surface area (Å²) in [6, 6.07) is 8.14. The third kappa shape index (κ3) is 5.52. The van der Waals surface area contributed by atoms with E-state index in [9.17, 15) is 4.79 Å². The normalized spacial score (nSPS) is 20.1. The van der Waals surface area contributed by atoms with Crippen LogP contribution in [0.5, 0.6) is 0 Å². The number of rotatable bonds is 5. The summed E-state index contributed by atoms with van der Waals surface area (Å²) < 4.78 is 3.04. The van der Waals surface area contributed by atoms with Crippen LogP contribution in [-0.2, 0) is 24.2 Å². The number of pyridine rings is 1. The average Bonchev–Trinajstić information content (AvgIpc) is 3.17. The molecule has 36 heavy (non-hydrogen) atoms. The van der Waals surface area contributed by atoms with Gasteiger partial charge in [0.25, 0.3) is 0 Å². The van der Waals surface area contributed by atoms with Crippen LogP contribution in [0.2, 0.25) is 5.02 Å². The highest BCUT2D eigenvalue weighted by molar-refractivity contribution is 9.10. The lowest BCUT2D eigenvalue weighted by Gasteiger charge is -2.42. The third-order valence-electron chi connectivity index (χ3n) is 7.21. The quantitative estimate of drug-likeness (QED) is 0.494. The molecule has 3 aromatic rings. The second-order valence-electron chi connectivity index (χ2n) is 9.45. The number of piperazine rings is 1. The lowest BCUT2D eigenvalue weighted by Crippen LogP contribution is -2.58. The van der Waals surface area contributed by atoms with Crippen molar-refractivity contribution in [2.75, 3.05) is 33.2 Å². The van der Waals surface area contributed by atoms with E-state index in [4.69, 9.17) is 16.6 Å². The van der Waals surface area contributed by atoms with E-state index in [2.05, 4.69) is 54.2 Å². The maximum Gasteiger partial charge on any atom is 0.238 e. The first-order chi connectivity index (χ1) is 16.9. The molecule has 1 aromatic carbocycles. The molecule has 5 rings (SSSR count). The standard InChI is InChI=1S/C26H30BrClN6O.CH4/c1-17-13-29-16-34(17)8-7-30-26(35)23-15-33(10-9-32(23)2)25-22-6-5-21(28)12-18(22)3-4-19-11-20(27)14-31-24(19)25;/h5-6,11-14,16,23,25H,3-4,7-10,15H2,1-2H3,(H,30,35);1H4/t23-,25?;/m1./s1. The first-order valence-electron chi connectivity index (χ1n) is 12.0. The molecule has 1 saturated heterocycles. The van der Waals surface area contributed by atoms with Crippen molar-refractivity contribution in [2.45, 2.75) is 45.8 Å². The van der Waals surface area contributed by atoms with Crippen molar-refractivity contribution in [3.05, 3.63) is 80.6 Å². The summed E-state index contributed by atoms with van der Waals surface area (Å²) in [5.41, 5.74) is 5.90. The number of fused-ring (bicyclic) bond motifs is 2. The van der Waals surface area contributed by atoms with Crippen molar-refractivity contribution in [3.8, 4) is 0 Å². The Balaban J connectivity index is 0.00000304. The van der Waals surface area contributed by atoms with Gasteiger partial charge in [-0.05, 0) is 77.6 Å². The first kappa shape index (κ1) is 26.8. The van der Waals surface area contributed by atoms with E-state index in [1.165, 1.54) is 16.7 Å². The largest absolute Gasteiger partial charge is 0.353 e. The van der Waals surface area contributed by atoms with Crippen LogP contribution in [0.1, 0.15) is 41.5 Å². The van der Waals surface area contributed by atoms with Crippen LogP contribution in [0, 0.1) is 6.92 Å². The third-order valence-corrected chi connectivity index (χ3v) is 7.88. The molecule has 2 aromatic heterocycles. The molecule has 192 valence electrons. The molecule has 1 N–H and O–H groups in total. The van der Waals surface area contributed by atoms with Gasteiger partial charge in [-0.3, -0.25) is 19.6 Å². The number of nitrogens with one attached hydrogen (secondary N) is 1. The molecule has 1 fully saturated rings. The number of hydrogen-bond donors (Lipinski definition) is 1. The topological polar surface area (TPSA) is 66.3 Å². The van der Waals surface area contributed by atoms with Crippen LogP contribution in [0.25, 0.3) is 0 Å². The van der Waals surface area contributed by atoms with Gasteiger partial charge in [-0.25, -0.2) is 4.98 Å². The van der Waals surface area contributed by atoms with E-state index >= 15 is 0 Å². The van der Waals surface area contributed by atoms with Crippen LogP contribution in [0.4, 0.5) is 0 Å². The number of benzene rings is 1. The van der Waals surface area contributed by atoms with Crippen molar-refractivity contribution >= 4 is 33.4 Å². The molecule has 1 aliphatic heterocycles. The summed E-state index contributed by atoms with van der Waals surface area (Å²) in [7, 11) is 2.03. The number of aryl methyl sites for hydroxylation is 3. The van der Waals surface area contributed by atoms with Gasteiger partial charge < -0.3 is 9.88 Å². The number of nitrogens with zero attached hydrogens (tertiary/aromatic N) is 5. The van der Waals surface area contributed by atoms with Crippen LogP contribution in [0.3, 0.4) is 0 Å². The van der Waals surface area contributed by atoms with Gasteiger partial charge >= 0.3 is 0 Å². The second kappa shape index (κ2) is 11.4. The smallest absolute Gasteiger partial charge is 0.238 e. The predicted molar refractivity (Wildman–Crippen MR) is 147 cm³/mol. The molecular weight excluding hydrogens is 540 g/mol. The predicted octanol–water partition coefficient (Wildman–Crippen LogP) is 4.26. The molecule has 1 amide bonds. The Morgan fingerprint density at radius 2 is 2.00 bits per heavy atom. The Labute approximate surface area is 227 Å². The number of carbonyl (C=O) groups excluding carboxylic acids is 1. The molecule has 2 atom stereocenters. The van der Waals surface area contributed by atoms with Gasteiger partial charge in [0, 0.05) is 60.3 Å². The molecular formula is C27H34BrClN6O. The molecule has 2 aliphatic rings. The Hall–Kier alpha value is -2.26. The lowest BCUT2D eigenvalue weighted by atomic mass is 9.95. The van der Waals surface area contributed by atoms with E-state index < -0.39 is 0 Å². The number of halogens is 2. The van der Waals surface area contributed by atoms with Crippen LogP contribution >= 0.6 is 27.5 Å². The Kier molecular flexibility index (Phi) is 8.50. The van der Waals surface area contributed by atoms with Crippen LogP contribution in [-0.4, -0.2) is 69.5 Å². The maximum absolute atomic E-state index is 13.3. The molecule has 0 radical (unpaired) electrons. The summed E-state index contributed by atoms with van der Waals surface area (Å²) in [5.74, 6) is 0.0592. The molecule has 1 aliphatic carbocycles.